The molecule has 1 aliphatic rings. The number of hydrogen-bond acceptors (Lipinski definition) is 6. The summed E-state index contributed by atoms with van der Waals surface area (Å²) in [5, 5.41) is 21.7. The predicted octanol–water partition coefficient (Wildman–Crippen LogP) is 4.70. The fourth-order valence-corrected chi connectivity index (χ4v) is 5.08. The number of aliphatic carboxylic acids is 1. The lowest BCUT2D eigenvalue weighted by atomic mass is 9.81. The Bertz CT molecular complexity index is 1070. The van der Waals surface area contributed by atoms with Gasteiger partial charge in [0.25, 0.3) is 0 Å². The van der Waals surface area contributed by atoms with Crippen molar-refractivity contribution >= 4 is 16.9 Å². The molecule has 1 saturated heterocycles. The zero-order valence-electron chi connectivity index (χ0n) is 19.7. The molecule has 2 N–H and O–H groups in total. The molecule has 34 heavy (non-hydrogen) atoms. The van der Waals surface area contributed by atoms with Gasteiger partial charge < -0.3 is 24.3 Å². The molecular formula is C27H34N2O5. The molecule has 7 nitrogen and oxygen atoms in total. The standard InChI is InChI=1S/C27H34N2O5/c1-33-21-8-9-25-23(17-21)22(11-13-28-25)26(30)10-7-19-12-15-29(18-24(19)27(31)32)14-3-2-5-20-6-4-16-34-20/h4,6,8-9,11,13,16-17,19,24,26,30H,2-3,5,7,10,12,14-15,18H2,1H3,(H,31,32)/t19-,24+,26+/m1/s1. The van der Waals surface area contributed by atoms with E-state index in [2.05, 4.69) is 9.88 Å². The minimum Gasteiger partial charge on any atom is -0.497 e. The third kappa shape index (κ3) is 5.96. The van der Waals surface area contributed by atoms with Crippen molar-refractivity contribution in [2.45, 2.75) is 44.6 Å². The maximum atomic E-state index is 12.0. The molecular weight excluding hydrogens is 432 g/mol. The Balaban J connectivity index is 1.31. The number of fused-ring (bicyclic) bond motifs is 1. The van der Waals surface area contributed by atoms with Crippen molar-refractivity contribution in [2.75, 3.05) is 26.7 Å². The van der Waals surface area contributed by atoms with Gasteiger partial charge in [-0.25, -0.2) is 0 Å². The number of piperidine rings is 1. The first-order chi connectivity index (χ1) is 16.5. The van der Waals surface area contributed by atoms with Crippen LogP contribution in [0.25, 0.3) is 10.9 Å². The van der Waals surface area contributed by atoms with Crippen molar-refractivity contribution in [2.24, 2.45) is 11.8 Å². The molecule has 0 bridgehead atoms. The van der Waals surface area contributed by atoms with Crippen molar-refractivity contribution in [3.05, 3.63) is 60.2 Å². The Labute approximate surface area is 200 Å². The fourth-order valence-electron chi connectivity index (χ4n) is 5.08. The van der Waals surface area contributed by atoms with Crippen LogP contribution >= 0.6 is 0 Å². The lowest BCUT2D eigenvalue weighted by Gasteiger charge is -2.37. The number of rotatable bonds is 11. The average molecular weight is 467 g/mol. The molecule has 4 rings (SSSR count). The molecule has 3 aromatic rings. The van der Waals surface area contributed by atoms with Gasteiger partial charge in [0.05, 0.1) is 30.9 Å². The van der Waals surface area contributed by atoms with Crippen LogP contribution in [0.2, 0.25) is 0 Å². The van der Waals surface area contributed by atoms with Crippen LogP contribution in [-0.4, -0.2) is 52.8 Å². The fraction of sp³-hybridized carbons (Fsp3) is 0.481. The summed E-state index contributed by atoms with van der Waals surface area (Å²) >= 11 is 0. The van der Waals surface area contributed by atoms with Gasteiger partial charge in [-0.05, 0) is 93.1 Å². The van der Waals surface area contributed by atoms with E-state index in [1.54, 1.807) is 19.6 Å². The second kappa shape index (κ2) is 11.5. The Hall–Kier alpha value is -2.90. The SMILES string of the molecule is COc1ccc2nccc([C@@H](O)CC[C@@H]3CCN(CCCCc4ccco4)C[C@@H]3C(=O)O)c2c1. The van der Waals surface area contributed by atoms with Gasteiger partial charge in [-0.2, -0.15) is 0 Å². The number of ether oxygens (including phenoxy) is 1. The van der Waals surface area contributed by atoms with Crippen LogP contribution < -0.4 is 4.74 Å². The number of aliphatic hydroxyl groups excluding tert-OH is 1. The van der Waals surface area contributed by atoms with Gasteiger partial charge in [-0.1, -0.05) is 0 Å². The first-order valence-corrected chi connectivity index (χ1v) is 12.1. The predicted molar refractivity (Wildman–Crippen MR) is 130 cm³/mol. The first kappa shape index (κ1) is 24.2. The summed E-state index contributed by atoms with van der Waals surface area (Å²) in [4.78, 5) is 18.7. The van der Waals surface area contributed by atoms with Crippen LogP contribution in [0, 0.1) is 11.8 Å². The van der Waals surface area contributed by atoms with E-state index in [1.165, 1.54) is 0 Å². The van der Waals surface area contributed by atoms with Gasteiger partial charge in [0.15, 0.2) is 0 Å². The zero-order valence-corrected chi connectivity index (χ0v) is 19.7. The lowest BCUT2D eigenvalue weighted by molar-refractivity contribution is -0.146. The van der Waals surface area contributed by atoms with Crippen molar-refractivity contribution < 1.29 is 24.2 Å². The zero-order chi connectivity index (χ0) is 23.9. The lowest BCUT2D eigenvalue weighted by Crippen LogP contribution is -2.44. The second-order valence-electron chi connectivity index (χ2n) is 9.21. The highest BCUT2D eigenvalue weighted by Crippen LogP contribution is 2.33. The number of aromatic nitrogens is 1. The van der Waals surface area contributed by atoms with E-state index in [-0.39, 0.29) is 5.92 Å². The summed E-state index contributed by atoms with van der Waals surface area (Å²) in [7, 11) is 1.62. The van der Waals surface area contributed by atoms with Crippen LogP contribution in [0.5, 0.6) is 5.75 Å². The normalized spacial score (nSPS) is 19.8. The Morgan fingerprint density at radius 3 is 2.94 bits per heavy atom. The maximum absolute atomic E-state index is 12.0. The molecule has 1 aliphatic heterocycles. The number of benzene rings is 1. The molecule has 182 valence electrons. The Kier molecular flexibility index (Phi) is 8.19. The third-order valence-corrected chi connectivity index (χ3v) is 7.04. The number of nitrogens with zero attached hydrogens (tertiary/aromatic N) is 2. The minimum absolute atomic E-state index is 0.0640. The molecule has 0 aliphatic carbocycles. The van der Waals surface area contributed by atoms with E-state index in [1.807, 2.05) is 36.4 Å². The number of methoxy groups -OCH3 is 1. The van der Waals surface area contributed by atoms with Gasteiger partial charge in [-0.3, -0.25) is 9.78 Å². The molecule has 0 unspecified atom stereocenters. The monoisotopic (exact) mass is 466 g/mol. The molecule has 2 aromatic heterocycles. The molecule has 0 amide bonds. The van der Waals surface area contributed by atoms with Gasteiger partial charge in [0, 0.05) is 24.5 Å². The smallest absolute Gasteiger partial charge is 0.308 e. The number of carboxylic acid groups (broad SMARTS) is 1. The second-order valence-corrected chi connectivity index (χ2v) is 9.21. The summed E-state index contributed by atoms with van der Waals surface area (Å²) in [6, 6.07) is 11.4. The Morgan fingerprint density at radius 1 is 1.29 bits per heavy atom. The van der Waals surface area contributed by atoms with Crippen LogP contribution in [-0.2, 0) is 11.2 Å². The number of carboxylic acids is 1. The van der Waals surface area contributed by atoms with E-state index in [9.17, 15) is 15.0 Å². The number of hydrogen-bond donors (Lipinski definition) is 2. The van der Waals surface area contributed by atoms with Crippen LogP contribution in [0.3, 0.4) is 0 Å². The van der Waals surface area contributed by atoms with E-state index < -0.39 is 18.0 Å². The van der Waals surface area contributed by atoms with E-state index in [0.717, 1.165) is 66.7 Å². The number of likely N-dealkylation sites (tertiary alicyclic amines) is 1. The van der Waals surface area contributed by atoms with Crippen molar-refractivity contribution in [1.82, 2.24) is 9.88 Å². The van der Waals surface area contributed by atoms with Crippen molar-refractivity contribution in [1.29, 1.82) is 0 Å². The van der Waals surface area contributed by atoms with E-state index in [4.69, 9.17) is 9.15 Å². The summed E-state index contributed by atoms with van der Waals surface area (Å²) in [6.07, 6.45) is 7.74. The quantitative estimate of drug-likeness (QED) is 0.396. The van der Waals surface area contributed by atoms with Gasteiger partial charge in [-0.15, -0.1) is 0 Å². The highest BCUT2D eigenvalue weighted by atomic mass is 16.5. The third-order valence-electron chi connectivity index (χ3n) is 7.04. The number of carbonyl (C=O) groups is 1. The van der Waals surface area contributed by atoms with Crippen LogP contribution in [0.1, 0.15) is 49.5 Å². The van der Waals surface area contributed by atoms with Gasteiger partial charge >= 0.3 is 5.97 Å². The largest absolute Gasteiger partial charge is 0.497 e. The molecule has 0 saturated carbocycles. The molecule has 0 spiro atoms. The molecule has 1 fully saturated rings. The summed E-state index contributed by atoms with van der Waals surface area (Å²) in [6.45, 7) is 2.39. The van der Waals surface area contributed by atoms with Crippen molar-refractivity contribution in [3.63, 3.8) is 0 Å². The molecule has 3 heterocycles. The Morgan fingerprint density at radius 2 is 2.18 bits per heavy atom. The average Bonchev–Trinajstić information content (AvgIpc) is 3.38. The summed E-state index contributed by atoms with van der Waals surface area (Å²) < 4.78 is 10.7. The van der Waals surface area contributed by atoms with Crippen LogP contribution in [0.4, 0.5) is 0 Å². The number of furan rings is 1. The first-order valence-electron chi connectivity index (χ1n) is 12.1. The van der Waals surface area contributed by atoms with E-state index in [0.29, 0.717) is 19.4 Å². The molecule has 1 aromatic carbocycles. The van der Waals surface area contributed by atoms with Crippen LogP contribution in [0.15, 0.2) is 53.3 Å². The minimum atomic E-state index is -0.737. The number of aliphatic hydroxyl groups is 1. The molecule has 0 radical (unpaired) electrons. The maximum Gasteiger partial charge on any atom is 0.308 e. The summed E-state index contributed by atoms with van der Waals surface area (Å²) in [5.41, 5.74) is 1.62. The highest BCUT2D eigenvalue weighted by Gasteiger charge is 2.34. The topological polar surface area (TPSA) is 96.0 Å². The van der Waals surface area contributed by atoms with E-state index >= 15 is 0 Å². The summed E-state index contributed by atoms with van der Waals surface area (Å²) in [5.74, 6) is 0.644. The number of aryl methyl sites for hydroxylation is 1. The highest BCUT2D eigenvalue weighted by molar-refractivity contribution is 5.83. The molecule has 7 heteroatoms. The molecule has 3 atom stereocenters. The van der Waals surface area contributed by atoms with Crippen molar-refractivity contribution in [3.8, 4) is 5.75 Å². The number of unbranched alkanes of at least 4 members (excludes halogenated alkanes) is 1. The van der Waals surface area contributed by atoms with Gasteiger partial charge in [0.1, 0.15) is 11.5 Å². The number of pyridine rings is 1. The van der Waals surface area contributed by atoms with Gasteiger partial charge in [0.2, 0.25) is 0 Å².